The van der Waals surface area contributed by atoms with Gasteiger partial charge in [-0.05, 0) is 19.1 Å². The summed E-state index contributed by atoms with van der Waals surface area (Å²) in [6.45, 7) is 5.78. The summed E-state index contributed by atoms with van der Waals surface area (Å²) in [7, 11) is 0. The number of aryl methyl sites for hydroxylation is 1. The maximum atomic E-state index is 12.2. The van der Waals surface area contributed by atoms with E-state index in [1.807, 2.05) is 19.1 Å². The summed E-state index contributed by atoms with van der Waals surface area (Å²) in [5.74, 6) is 0.0117. The molecule has 1 fully saturated rings. The molecule has 0 aromatic carbocycles. The van der Waals surface area contributed by atoms with Gasteiger partial charge in [0.25, 0.3) is 5.91 Å². The first-order valence-electron chi connectivity index (χ1n) is 6.06. The zero-order valence-corrected chi connectivity index (χ0v) is 10.7. The Morgan fingerprint density at radius 2 is 1.72 bits per heavy atom. The highest BCUT2D eigenvalue weighted by Gasteiger charge is 2.23. The lowest BCUT2D eigenvalue weighted by atomic mass is 10.2. The van der Waals surface area contributed by atoms with Crippen molar-refractivity contribution in [1.29, 1.82) is 0 Å². The van der Waals surface area contributed by atoms with Gasteiger partial charge in [-0.3, -0.25) is 9.59 Å². The Morgan fingerprint density at radius 3 is 2.28 bits per heavy atom. The second kappa shape index (κ2) is 5.16. The van der Waals surface area contributed by atoms with Gasteiger partial charge in [0.05, 0.1) is 0 Å². The summed E-state index contributed by atoms with van der Waals surface area (Å²) >= 11 is 0. The van der Waals surface area contributed by atoms with Crippen molar-refractivity contribution in [2.45, 2.75) is 13.8 Å². The third-order valence-corrected chi connectivity index (χ3v) is 3.12. The molecule has 2 amide bonds. The van der Waals surface area contributed by atoms with Gasteiger partial charge in [-0.15, -0.1) is 0 Å². The van der Waals surface area contributed by atoms with Crippen molar-refractivity contribution in [2.24, 2.45) is 0 Å². The molecule has 0 bridgehead atoms. The van der Waals surface area contributed by atoms with E-state index >= 15 is 0 Å². The number of piperazine rings is 1. The van der Waals surface area contributed by atoms with Gasteiger partial charge in [0.1, 0.15) is 5.69 Å². The molecule has 1 saturated heterocycles. The SMILES string of the molecule is CC(=O)N1CCN(C(=O)c2cccc(C)n2)CC1. The predicted octanol–water partition coefficient (Wildman–Crippen LogP) is 0.694. The first-order chi connectivity index (χ1) is 8.58. The van der Waals surface area contributed by atoms with E-state index in [2.05, 4.69) is 4.98 Å². The maximum absolute atomic E-state index is 12.2. The Hall–Kier alpha value is -1.91. The van der Waals surface area contributed by atoms with Crippen LogP contribution in [0.25, 0.3) is 0 Å². The predicted molar refractivity (Wildman–Crippen MR) is 67.1 cm³/mol. The third-order valence-electron chi connectivity index (χ3n) is 3.12. The maximum Gasteiger partial charge on any atom is 0.272 e. The van der Waals surface area contributed by atoms with Crippen molar-refractivity contribution in [2.75, 3.05) is 26.2 Å². The van der Waals surface area contributed by atoms with E-state index in [-0.39, 0.29) is 11.8 Å². The van der Waals surface area contributed by atoms with E-state index in [1.54, 1.807) is 22.8 Å². The van der Waals surface area contributed by atoms with Crippen molar-refractivity contribution in [3.8, 4) is 0 Å². The first-order valence-corrected chi connectivity index (χ1v) is 6.06. The molecule has 0 spiro atoms. The molecule has 1 aromatic rings. The van der Waals surface area contributed by atoms with Gasteiger partial charge < -0.3 is 9.80 Å². The van der Waals surface area contributed by atoms with Crippen molar-refractivity contribution in [1.82, 2.24) is 14.8 Å². The number of amides is 2. The van der Waals surface area contributed by atoms with E-state index in [0.29, 0.717) is 31.9 Å². The second-order valence-electron chi connectivity index (χ2n) is 4.46. The van der Waals surface area contributed by atoms with Crippen LogP contribution in [0, 0.1) is 6.92 Å². The van der Waals surface area contributed by atoms with Crippen LogP contribution in [-0.2, 0) is 4.79 Å². The number of nitrogens with zero attached hydrogens (tertiary/aromatic N) is 3. The van der Waals surface area contributed by atoms with Gasteiger partial charge in [-0.2, -0.15) is 0 Å². The highest BCUT2D eigenvalue weighted by atomic mass is 16.2. The molecule has 1 aliphatic heterocycles. The van der Waals surface area contributed by atoms with Crippen LogP contribution in [0.3, 0.4) is 0 Å². The van der Waals surface area contributed by atoms with Crippen molar-refractivity contribution < 1.29 is 9.59 Å². The van der Waals surface area contributed by atoms with Crippen LogP contribution in [0.4, 0.5) is 0 Å². The third kappa shape index (κ3) is 2.67. The normalized spacial score (nSPS) is 15.7. The molecule has 0 aliphatic carbocycles. The van der Waals surface area contributed by atoms with Crippen molar-refractivity contribution in [3.05, 3.63) is 29.6 Å². The molecule has 5 heteroatoms. The second-order valence-corrected chi connectivity index (χ2v) is 4.46. The summed E-state index contributed by atoms with van der Waals surface area (Å²) < 4.78 is 0. The number of hydrogen-bond acceptors (Lipinski definition) is 3. The lowest BCUT2D eigenvalue weighted by molar-refractivity contribution is -0.130. The van der Waals surface area contributed by atoms with E-state index in [9.17, 15) is 9.59 Å². The Labute approximate surface area is 106 Å². The van der Waals surface area contributed by atoms with Crippen LogP contribution in [0.15, 0.2) is 18.2 Å². The van der Waals surface area contributed by atoms with Crippen LogP contribution in [0.2, 0.25) is 0 Å². The average Bonchev–Trinajstić information content (AvgIpc) is 2.38. The van der Waals surface area contributed by atoms with Crippen LogP contribution in [0.1, 0.15) is 23.1 Å². The van der Waals surface area contributed by atoms with Gasteiger partial charge in [0, 0.05) is 38.8 Å². The molecular formula is C13H17N3O2. The lowest BCUT2D eigenvalue weighted by Gasteiger charge is -2.34. The van der Waals surface area contributed by atoms with Gasteiger partial charge >= 0.3 is 0 Å². The van der Waals surface area contributed by atoms with Crippen molar-refractivity contribution in [3.63, 3.8) is 0 Å². The van der Waals surface area contributed by atoms with Gasteiger partial charge in [0.2, 0.25) is 5.91 Å². The lowest BCUT2D eigenvalue weighted by Crippen LogP contribution is -2.50. The minimum absolute atomic E-state index is 0.0538. The minimum Gasteiger partial charge on any atom is -0.339 e. The topological polar surface area (TPSA) is 53.5 Å². The zero-order chi connectivity index (χ0) is 13.1. The molecule has 2 rings (SSSR count). The highest BCUT2D eigenvalue weighted by molar-refractivity contribution is 5.92. The number of aromatic nitrogens is 1. The Balaban J connectivity index is 2.02. The zero-order valence-electron chi connectivity index (χ0n) is 10.7. The van der Waals surface area contributed by atoms with Crippen LogP contribution in [0.5, 0.6) is 0 Å². The fourth-order valence-corrected chi connectivity index (χ4v) is 2.05. The number of carbonyl (C=O) groups excluding carboxylic acids is 2. The summed E-state index contributed by atoms with van der Waals surface area (Å²) in [6.07, 6.45) is 0. The van der Waals surface area contributed by atoms with Crippen molar-refractivity contribution >= 4 is 11.8 Å². The quantitative estimate of drug-likeness (QED) is 0.734. The van der Waals surface area contributed by atoms with Gasteiger partial charge in [0.15, 0.2) is 0 Å². The summed E-state index contributed by atoms with van der Waals surface area (Å²) in [4.78, 5) is 31.1. The molecule has 0 saturated carbocycles. The molecule has 0 radical (unpaired) electrons. The molecule has 0 atom stereocenters. The molecule has 0 unspecified atom stereocenters. The molecule has 96 valence electrons. The summed E-state index contributed by atoms with van der Waals surface area (Å²) in [5.41, 5.74) is 1.31. The Kier molecular flexibility index (Phi) is 3.60. The summed E-state index contributed by atoms with van der Waals surface area (Å²) in [5, 5.41) is 0. The standard InChI is InChI=1S/C13H17N3O2/c1-10-4-3-5-12(14-10)13(18)16-8-6-15(7-9-16)11(2)17/h3-5H,6-9H2,1-2H3. The van der Waals surface area contributed by atoms with E-state index in [1.165, 1.54) is 0 Å². The monoisotopic (exact) mass is 247 g/mol. The number of rotatable bonds is 1. The molecule has 18 heavy (non-hydrogen) atoms. The number of hydrogen-bond donors (Lipinski definition) is 0. The summed E-state index contributed by atoms with van der Waals surface area (Å²) in [6, 6.07) is 5.43. The smallest absolute Gasteiger partial charge is 0.272 e. The minimum atomic E-state index is -0.0538. The largest absolute Gasteiger partial charge is 0.339 e. The molecule has 5 nitrogen and oxygen atoms in total. The Bertz CT molecular complexity index is 465. The number of carbonyl (C=O) groups is 2. The molecule has 1 aliphatic rings. The van der Waals surface area contributed by atoms with Crippen LogP contribution < -0.4 is 0 Å². The average molecular weight is 247 g/mol. The number of pyridine rings is 1. The molecule has 1 aromatic heterocycles. The molecule has 0 N–H and O–H groups in total. The fourth-order valence-electron chi connectivity index (χ4n) is 2.05. The highest BCUT2D eigenvalue weighted by Crippen LogP contribution is 2.08. The van der Waals surface area contributed by atoms with Crippen LogP contribution in [-0.4, -0.2) is 52.8 Å². The fraction of sp³-hybridized carbons (Fsp3) is 0.462. The van der Waals surface area contributed by atoms with Gasteiger partial charge in [-0.1, -0.05) is 6.07 Å². The van der Waals surface area contributed by atoms with E-state index < -0.39 is 0 Å². The van der Waals surface area contributed by atoms with E-state index in [0.717, 1.165) is 5.69 Å². The van der Waals surface area contributed by atoms with Crippen LogP contribution >= 0.6 is 0 Å². The first kappa shape index (κ1) is 12.5. The molecule has 2 heterocycles. The Morgan fingerprint density at radius 1 is 1.11 bits per heavy atom. The van der Waals surface area contributed by atoms with E-state index in [4.69, 9.17) is 0 Å². The molecular weight excluding hydrogens is 230 g/mol. The van der Waals surface area contributed by atoms with Gasteiger partial charge in [-0.25, -0.2) is 4.98 Å².